The van der Waals surface area contributed by atoms with Crippen LogP contribution in [0.25, 0.3) is 0 Å². The van der Waals surface area contributed by atoms with Crippen LogP contribution in [-0.4, -0.2) is 41.6 Å². The van der Waals surface area contributed by atoms with Crippen LogP contribution in [0.15, 0.2) is 24.3 Å². The Morgan fingerprint density at radius 2 is 2.00 bits per heavy atom. The third-order valence-corrected chi connectivity index (χ3v) is 2.86. The fourth-order valence-corrected chi connectivity index (χ4v) is 1.83. The van der Waals surface area contributed by atoms with E-state index in [1.54, 1.807) is 13.0 Å². The van der Waals surface area contributed by atoms with Crippen LogP contribution in [0.1, 0.15) is 18.9 Å². The molecule has 1 N–H and O–H groups in total. The lowest BCUT2D eigenvalue weighted by atomic mass is 10.1. The van der Waals surface area contributed by atoms with Crippen molar-refractivity contribution in [1.29, 1.82) is 0 Å². The fraction of sp³-hybridized carbons (Fsp3) is 0.429. The van der Waals surface area contributed by atoms with E-state index < -0.39 is 12.6 Å². The molecule has 1 aromatic rings. The summed E-state index contributed by atoms with van der Waals surface area (Å²) in [6.45, 7) is -0.802. The lowest BCUT2D eigenvalue weighted by Crippen LogP contribution is -2.34. The predicted molar refractivity (Wildman–Crippen MR) is 71.3 cm³/mol. The van der Waals surface area contributed by atoms with Crippen molar-refractivity contribution in [3.8, 4) is 5.75 Å². The van der Waals surface area contributed by atoms with Gasteiger partial charge in [0.15, 0.2) is 0 Å². The summed E-state index contributed by atoms with van der Waals surface area (Å²) in [5.74, 6) is -1.37. The Hall–Kier alpha value is -2.18. The predicted octanol–water partition coefficient (Wildman–Crippen LogP) is 2.15. The first-order valence-electron chi connectivity index (χ1n) is 6.46. The van der Waals surface area contributed by atoms with Gasteiger partial charge in [0, 0.05) is 18.7 Å². The van der Waals surface area contributed by atoms with E-state index in [0.29, 0.717) is 12.1 Å². The lowest BCUT2D eigenvalue weighted by Gasteiger charge is -2.20. The van der Waals surface area contributed by atoms with E-state index >= 15 is 0 Å². The number of hydrogen-bond acceptors (Lipinski definition) is 3. The minimum Gasteiger partial charge on any atom is -0.481 e. The summed E-state index contributed by atoms with van der Waals surface area (Å²) in [5.41, 5.74) is 0.344. The topological polar surface area (TPSA) is 66.8 Å². The number of carboxylic acids is 1. The summed E-state index contributed by atoms with van der Waals surface area (Å²) in [7, 11) is 0. The number of ether oxygens (including phenoxy) is 1. The van der Waals surface area contributed by atoms with Gasteiger partial charge in [0.05, 0.1) is 12.8 Å². The maximum absolute atomic E-state index is 12.3. The number of likely N-dealkylation sites (N-methyl/N-ethyl adjacent to an activating group) is 1. The van der Waals surface area contributed by atoms with E-state index in [9.17, 15) is 18.4 Å². The second kappa shape index (κ2) is 8.18. The number of benzene rings is 1. The van der Waals surface area contributed by atoms with Gasteiger partial charge < -0.3 is 14.7 Å². The second-order valence-corrected chi connectivity index (χ2v) is 4.28. The van der Waals surface area contributed by atoms with E-state index in [4.69, 9.17) is 5.11 Å². The Kier molecular flexibility index (Phi) is 6.58. The molecule has 1 rings (SSSR count). The molecular weight excluding hydrogens is 284 g/mol. The van der Waals surface area contributed by atoms with E-state index in [1.807, 2.05) is 0 Å². The van der Waals surface area contributed by atoms with Crippen molar-refractivity contribution in [2.24, 2.45) is 0 Å². The zero-order valence-corrected chi connectivity index (χ0v) is 11.6. The average Bonchev–Trinajstić information content (AvgIpc) is 2.40. The molecular formula is C14H17F2NO4. The van der Waals surface area contributed by atoms with Crippen LogP contribution in [-0.2, 0) is 16.0 Å². The molecule has 0 radical (unpaired) electrons. The molecule has 0 saturated carbocycles. The van der Waals surface area contributed by atoms with Gasteiger partial charge in [-0.05, 0) is 13.0 Å². The number of alkyl halides is 2. The third-order valence-electron chi connectivity index (χ3n) is 2.86. The van der Waals surface area contributed by atoms with E-state index in [0.717, 1.165) is 0 Å². The molecule has 0 fully saturated rings. The molecule has 0 aromatic heterocycles. The van der Waals surface area contributed by atoms with Crippen LogP contribution < -0.4 is 4.74 Å². The van der Waals surface area contributed by atoms with Crippen molar-refractivity contribution in [3.63, 3.8) is 0 Å². The summed E-state index contributed by atoms with van der Waals surface area (Å²) in [4.78, 5) is 24.0. The quantitative estimate of drug-likeness (QED) is 0.799. The first kappa shape index (κ1) is 16.9. The molecule has 21 heavy (non-hydrogen) atoms. The van der Waals surface area contributed by atoms with Gasteiger partial charge in [0.1, 0.15) is 5.75 Å². The summed E-state index contributed by atoms with van der Waals surface area (Å²) in [6.07, 6.45) is -0.273. The van der Waals surface area contributed by atoms with Crippen molar-refractivity contribution in [3.05, 3.63) is 29.8 Å². The molecule has 1 aromatic carbocycles. The van der Waals surface area contributed by atoms with Gasteiger partial charge in [0.2, 0.25) is 5.91 Å². The molecule has 0 spiro atoms. The molecule has 0 unspecified atom stereocenters. The lowest BCUT2D eigenvalue weighted by molar-refractivity contribution is -0.138. The Morgan fingerprint density at radius 3 is 2.57 bits per heavy atom. The summed E-state index contributed by atoms with van der Waals surface area (Å²) >= 11 is 0. The van der Waals surface area contributed by atoms with Crippen molar-refractivity contribution in [1.82, 2.24) is 4.90 Å². The molecule has 0 aliphatic carbocycles. The van der Waals surface area contributed by atoms with Crippen LogP contribution >= 0.6 is 0 Å². The Bertz CT molecular complexity index is 494. The highest BCUT2D eigenvalue weighted by molar-refractivity contribution is 5.80. The van der Waals surface area contributed by atoms with Crippen LogP contribution in [0.5, 0.6) is 5.75 Å². The Morgan fingerprint density at radius 1 is 1.33 bits per heavy atom. The number of rotatable bonds is 8. The maximum atomic E-state index is 12.3. The monoisotopic (exact) mass is 301 g/mol. The number of carbonyl (C=O) groups is 2. The van der Waals surface area contributed by atoms with Gasteiger partial charge in [-0.15, -0.1) is 0 Å². The van der Waals surface area contributed by atoms with Crippen molar-refractivity contribution >= 4 is 11.9 Å². The molecule has 0 aliphatic rings. The first-order chi connectivity index (χ1) is 9.93. The van der Waals surface area contributed by atoms with Gasteiger partial charge >= 0.3 is 12.6 Å². The third kappa shape index (κ3) is 5.76. The Balaban J connectivity index is 2.74. The molecule has 5 nitrogen and oxygen atoms in total. The highest BCUT2D eigenvalue weighted by atomic mass is 19.3. The molecule has 7 heteroatoms. The van der Waals surface area contributed by atoms with E-state index in [1.165, 1.54) is 23.1 Å². The smallest absolute Gasteiger partial charge is 0.387 e. The highest BCUT2D eigenvalue weighted by Crippen LogP contribution is 2.21. The number of carboxylic acid groups (broad SMARTS) is 1. The zero-order chi connectivity index (χ0) is 15.8. The number of hydrogen-bond donors (Lipinski definition) is 1. The largest absolute Gasteiger partial charge is 0.481 e. The molecule has 0 bridgehead atoms. The van der Waals surface area contributed by atoms with Gasteiger partial charge in [-0.1, -0.05) is 18.2 Å². The van der Waals surface area contributed by atoms with Crippen LogP contribution in [0.4, 0.5) is 8.78 Å². The first-order valence-corrected chi connectivity index (χ1v) is 6.46. The second-order valence-electron chi connectivity index (χ2n) is 4.28. The Labute approximate surface area is 121 Å². The SMILES string of the molecule is CCN(CCC(=O)O)C(=O)Cc1ccccc1OC(F)F. The fourth-order valence-electron chi connectivity index (χ4n) is 1.83. The summed E-state index contributed by atoms with van der Waals surface area (Å²) in [6, 6.07) is 6.05. The number of aliphatic carboxylic acids is 1. The van der Waals surface area contributed by atoms with Crippen molar-refractivity contribution < 1.29 is 28.2 Å². The maximum Gasteiger partial charge on any atom is 0.387 e. The average molecular weight is 301 g/mol. The molecule has 116 valence electrons. The standard InChI is InChI=1S/C14H17F2NO4/c1-2-17(8-7-13(19)20)12(18)9-10-5-3-4-6-11(10)21-14(15)16/h3-6,14H,2,7-9H2,1H3,(H,19,20). The normalized spacial score (nSPS) is 10.5. The highest BCUT2D eigenvalue weighted by Gasteiger charge is 2.17. The van der Waals surface area contributed by atoms with Crippen LogP contribution in [0.2, 0.25) is 0 Å². The number of nitrogens with zero attached hydrogens (tertiary/aromatic N) is 1. The van der Waals surface area contributed by atoms with Gasteiger partial charge in [-0.25, -0.2) is 0 Å². The molecule has 0 aliphatic heterocycles. The van der Waals surface area contributed by atoms with Crippen LogP contribution in [0, 0.1) is 0 Å². The summed E-state index contributed by atoms with van der Waals surface area (Å²) < 4.78 is 28.9. The van der Waals surface area contributed by atoms with Gasteiger partial charge in [-0.2, -0.15) is 8.78 Å². The number of para-hydroxylation sites is 1. The molecule has 0 heterocycles. The minimum atomic E-state index is -2.96. The van der Waals surface area contributed by atoms with E-state index in [-0.39, 0.29) is 31.0 Å². The molecule has 0 atom stereocenters. The number of halogens is 2. The zero-order valence-electron chi connectivity index (χ0n) is 11.6. The number of carbonyl (C=O) groups excluding carboxylic acids is 1. The number of amides is 1. The summed E-state index contributed by atoms with van der Waals surface area (Å²) in [5, 5.41) is 8.63. The van der Waals surface area contributed by atoms with Gasteiger partial charge in [0.25, 0.3) is 0 Å². The van der Waals surface area contributed by atoms with Crippen molar-refractivity contribution in [2.75, 3.05) is 13.1 Å². The van der Waals surface area contributed by atoms with E-state index in [2.05, 4.69) is 4.74 Å². The van der Waals surface area contributed by atoms with Crippen molar-refractivity contribution in [2.45, 2.75) is 26.4 Å². The molecule has 0 saturated heterocycles. The minimum absolute atomic E-state index is 0.0462. The van der Waals surface area contributed by atoms with Gasteiger partial charge in [-0.3, -0.25) is 9.59 Å². The molecule has 1 amide bonds. The van der Waals surface area contributed by atoms with Crippen LogP contribution in [0.3, 0.4) is 0 Å².